The van der Waals surface area contributed by atoms with Crippen molar-refractivity contribution in [2.45, 2.75) is 6.92 Å². The Hall–Kier alpha value is -2.46. The standard InChI is InChI=1S/C19H13BrO3/c1-12-6-7-14(10-17(12)20)19(22)23-18-15(11-21)9-8-13-4-2-3-5-16(13)18/h2-11H,1H3. The van der Waals surface area contributed by atoms with Gasteiger partial charge in [-0.3, -0.25) is 4.79 Å². The molecule has 3 aromatic carbocycles. The van der Waals surface area contributed by atoms with E-state index in [2.05, 4.69) is 15.9 Å². The van der Waals surface area contributed by atoms with E-state index >= 15 is 0 Å². The van der Waals surface area contributed by atoms with E-state index in [1.54, 1.807) is 18.2 Å². The fourth-order valence-corrected chi connectivity index (χ4v) is 2.72. The lowest BCUT2D eigenvalue weighted by molar-refractivity contribution is 0.0736. The third kappa shape index (κ3) is 3.03. The molecular formula is C19H13BrO3. The van der Waals surface area contributed by atoms with Crippen LogP contribution in [0.2, 0.25) is 0 Å². The smallest absolute Gasteiger partial charge is 0.343 e. The van der Waals surface area contributed by atoms with Gasteiger partial charge in [-0.25, -0.2) is 4.79 Å². The molecule has 3 rings (SSSR count). The van der Waals surface area contributed by atoms with E-state index in [0.717, 1.165) is 20.8 Å². The molecule has 0 aromatic heterocycles. The number of fused-ring (bicyclic) bond motifs is 1. The van der Waals surface area contributed by atoms with Crippen LogP contribution < -0.4 is 4.74 Å². The van der Waals surface area contributed by atoms with Gasteiger partial charge >= 0.3 is 5.97 Å². The Morgan fingerprint density at radius 2 is 1.87 bits per heavy atom. The number of aldehydes is 1. The van der Waals surface area contributed by atoms with E-state index in [9.17, 15) is 9.59 Å². The molecule has 0 aliphatic heterocycles. The van der Waals surface area contributed by atoms with Crippen molar-refractivity contribution in [1.82, 2.24) is 0 Å². The summed E-state index contributed by atoms with van der Waals surface area (Å²) in [4.78, 5) is 23.7. The molecule has 0 spiro atoms. The van der Waals surface area contributed by atoms with Gasteiger partial charge in [0, 0.05) is 9.86 Å². The quantitative estimate of drug-likeness (QED) is 0.373. The van der Waals surface area contributed by atoms with Gasteiger partial charge in [0.25, 0.3) is 0 Å². The maximum atomic E-state index is 12.4. The zero-order chi connectivity index (χ0) is 16.4. The van der Waals surface area contributed by atoms with Crippen molar-refractivity contribution >= 4 is 39.0 Å². The van der Waals surface area contributed by atoms with E-state index in [1.165, 1.54) is 0 Å². The third-order valence-electron chi connectivity index (χ3n) is 3.64. The van der Waals surface area contributed by atoms with E-state index in [-0.39, 0.29) is 0 Å². The van der Waals surface area contributed by atoms with Crippen molar-refractivity contribution < 1.29 is 14.3 Å². The van der Waals surface area contributed by atoms with E-state index < -0.39 is 5.97 Å². The summed E-state index contributed by atoms with van der Waals surface area (Å²) in [5, 5.41) is 1.64. The Bertz CT molecular complexity index is 916. The highest BCUT2D eigenvalue weighted by Gasteiger charge is 2.15. The van der Waals surface area contributed by atoms with Gasteiger partial charge in [-0.15, -0.1) is 0 Å². The Kier molecular flexibility index (Phi) is 4.26. The molecule has 3 aromatic rings. The van der Waals surface area contributed by atoms with Crippen LogP contribution >= 0.6 is 15.9 Å². The third-order valence-corrected chi connectivity index (χ3v) is 4.49. The van der Waals surface area contributed by atoms with Gasteiger partial charge in [0.15, 0.2) is 6.29 Å². The molecular weight excluding hydrogens is 356 g/mol. The fraction of sp³-hybridized carbons (Fsp3) is 0.0526. The molecule has 0 N–H and O–H groups in total. The van der Waals surface area contributed by atoms with Crippen molar-refractivity contribution in [3.05, 3.63) is 75.8 Å². The zero-order valence-corrected chi connectivity index (χ0v) is 14.0. The molecule has 0 saturated heterocycles. The maximum Gasteiger partial charge on any atom is 0.343 e. The zero-order valence-electron chi connectivity index (χ0n) is 12.4. The number of benzene rings is 3. The largest absolute Gasteiger partial charge is 0.421 e. The number of halogens is 1. The summed E-state index contributed by atoms with van der Waals surface area (Å²) in [5.74, 6) is -0.204. The summed E-state index contributed by atoms with van der Waals surface area (Å²) < 4.78 is 6.37. The lowest BCUT2D eigenvalue weighted by Crippen LogP contribution is -2.10. The van der Waals surface area contributed by atoms with Crippen LogP contribution in [0.1, 0.15) is 26.3 Å². The number of hydrogen-bond donors (Lipinski definition) is 0. The topological polar surface area (TPSA) is 43.4 Å². The highest BCUT2D eigenvalue weighted by molar-refractivity contribution is 9.10. The molecule has 0 bridgehead atoms. The number of ether oxygens (including phenoxy) is 1. The molecule has 0 aliphatic rings. The first-order valence-electron chi connectivity index (χ1n) is 7.05. The number of aryl methyl sites for hydroxylation is 1. The van der Waals surface area contributed by atoms with Gasteiger partial charge in [0.05, 0.1) is 11.1 Å². The van der Waals surface area contributed by atoms with Gasteiger partial charge < -0.3 is 4.74 Å². The second-order valence-corrected chi connectivity index (χ2v) is 6.03. The van der Waals surface area contributed by atoms with Gasteiger partial charge in [-0.05, 0) is 36.1 Å². The number of carbonyl (C=O) groups excluding carboxylic acids is 2. The Balaban J connectivity index is 2.04. The average molecular weight is 369 g/mol. The average Bonchev–Trinajstić information content (AvgIpc) is 2.57. The lowest BCUT2D eigenvalue weighted by Gasteiger charge is -2.11. The van der Waals surface area contributed by atoms with Crippen molar-refractivity contribution in [2.24, 2.45) is 0 Å². The summed E-state index contributed by atoms with van der Waals surface area (Å²) in [6.45, 7) is 1.94. The SMILES string of the molecule is Cc1ccc(C(=O)Oc2c(C=O)ccc3ccccc23)cc1Br. The molecule has 23 heavy (non-hydrogen) atoms. The minimum Gasteiger partial charge on any atom is -0.421 e. The van der Waals surface area contributed by atoms with E-state index in [1.807, 2.05) is 43.3 Å². The molecule has 0 radical (unpaired) electrons. The van der Waals surface area contributed by atoms with Crippen LogP contribution in [0, 0.1) is 6.92 Å². The van der Waals surface area contributed by atoms with Crippen LogP contribution in [-0.2, 0) is 0 Å². The van der Waals surface area contributed by atoms with Crippen LogP contribution in [0.5, 0.6) is 5.75 Å². The predicted octanol–water partition coefficient (Wildman–Crippen LogP) is 4.94. The molecule has 0 unspecified atom stereocenters. The number of carbonyl (C=O) groups is 2. The molecule has 114 valence electrons. The second-order valence-electron chi connectivity index (χ2n) is 5.18. The summed E-state index contributed by atoms with van der Waals surface area (Å²) in [7, 11) is 0. The van der Waals surface area contributed by atoms with Crippen LogP contribution in [0.4, 0.5) is 0 Å². The first-order chi connectivity index (χ1) is 11.1. The molecule has 0 heterocycles. The van der Waals surface area contributed by atoms with Gasteiger partial charge in [-0.1, -0.05) is 52.3 Å². The van der Waals surface area contributed by atoms with E-state index in [0.29, 0.717) is 23.2 Å². The first kappa shape index (κ1) is 15.4. The molecule has 4 heteroatoms. The highest BCUT2D eigenvalue weighted by Crippen LogP contribution is 2.30. The first-order valence-corrected chi connectivity index (χ1v) is 7.84. The Morgan fingerprint density at radius 3 is 2.61 bits per heavy atom. The molecule has 0 fully saturated rings. The lowest BCUT2D eigenvalue weighted by atomic mass is 10.1. The predicted molar refractivity (Wildman–Crippen MR) is 93.2 cm³/mol. The van der Waals surface area contributed by atoms with Crippen LogP contribution in [-0.4, -0.2) is 12.3 Å². The minimum absolute atomic E-state index is 0.291. The van der Waals surface area contributed by atoms with Gasteiger partial charge in [0.2, 0.25) is 0 Å². The number of esters is 1. The molecule has 0 amide bonds. The van der Waals surface area contributed by atoms with Gasteiger partial charge in [0.1, 0.15) is 5.75 Å². The molecule has 3 nitrogen and oxygen atoms in total. The van der Waals surface area contributed by atoms with Crippen molar-refractivity contribution in [2.75, 3.05) is 0 Å². The van der Waals surface area contributed by atoms with Crippen molar-refractivity contribution in [3.8, 4) is 5.75 Å². The fourth-order valence-electron chi connectivity index (χ4n) is 2.34. The summed E-state index contributed by atoms with van der Waals surface area (Å²) in [6, 6.07) is 16.2. The van der Waals surface area contributed by atoms with Crippen molar-refractivity contribution in [3.63, 3.8) is 0 Å². The number of rotatable bonds is 3. The van der Waals surface area contributed by atoms with Crippen LogP contribution in [0.25, 0.3) is 10.8 Å². The Labute approximate surface area is 142 Å². The summed E-state index contributed by atoms with van der Waals surface area (Å²) >= 11 is 3.40. The second kappa shape index (κ2) is 6.34. The minimum atomic E-state index is -0.495. The van der Waals surface area contributed by atoms with Crippen LogP contribution in [0.15, 0.2) is 59.1 Å². The highest BCUT2D eigenvalue weighted by atomic mass is 79.9. The molecule has 0 saturated carbocycles. The Morgan fingerprint density at radius 1 is 1.09 bits per heavy atom. The summed E-state index contributed by atoms with van der Waals surface area (Å²) in [5.41, 5.74) is 1.80. The maximum absolute atomic E-state index is 12.4. The van der Waals surface area contributed by atoms with Crippen LogP contribution in [0.3, 0.4) is 0 Å². The monoisotopic (exact) mass is 368 g/mol. The summed E-state index contributed by atoms with van der Waals surface area (Å²) in [6.07, 6.45) is 0.695. The molecule has 0 atom stereocenters. The van der Waals surface area contributed by atoms with E-state index in [4.69, 9.17) is 4.74 Å². The van der Waals surface area contributed by atoms with Gasteiger partial charge in [-0.2, -0.15) is 0 Å². The number of hydrogen-bond acceptors (Lipinski definition) is 3. The van der Waals surface area contributed by atoms with Crippen molar-refractivity contribution in [1.29, 1.82) is 0 Å². The molecule has 0 aliphatic carbocycles. The normalized spacial score (nSPS) is 10.5.